The average Bonchev–Trinajstić information content (AvgIpc) is 3.21. The number of hydrogen-bond acceptors (Lipinski definition) is 5. The standard InChI is InChI=1S/C18H21N5S.BrH/c1-13-14(2)24-18(19-13)23-21-17(15-9-5-3-6-10-15)20-22(23)16-11-7-4-8-12-16;/h3-9,11,15-16H,10,12H2,1-2H3,(H,20,21);1H. The molecular formula is C18H22BrN5S. The molecule has 132 valence electrons. The van der Waals surface area contributed by atoms with E-state index in [0.717, 1.165) is 29.5 Å². The molecule has 2 aliphatic carbocycles. The second-order valence-corrected chi connectivity index (χ2v) is 7.41. The molecule has 0 fully saturated rings. The van der Waals surface area contributed by atoms with Gasteiger partial charge in [-0.25, -0.2) is 4.98 Å². The van der Waals surface area contributed by atoms with Crippen LogP contribution in [0.5, 0.6) is 0 Å². The lowest BCUT2D eigenvalue weighted by Crippen LogP contribution is -3.00. The number of anilines is 1. The highest BCUT2D eigenvalue weighted by Gasteiger charge is 2.38. The van der Waals surface area contributed by atoms with Crippen molar-refractivity contribution < 1.29 is 22.4 Å². The maximum Gasteiger partial charge on any atom is 0.247 e. The number of amidine groups is 1. The zero-order valence-corrected chi connectivity index (χ0v) is 16.7. The van der Waals surface area contributed by atoms with E-state index in [2.05, 4.69) is 73.0 Å². The maximum absolute atomic E-state index is 4.92. The molecule has 3 aliphatic rings. The summed E-state index contributed by atoms with van der Waals surface area (Å²) in [4.78, 5) is 5.96. The molecule has 0 saturated carbocycles. The number of allylic oxidation sites excluding steroid dienone is 5. The van der Waals surface area contributed by atoms with Crippen LogP contribution in [0.1, 0.15) is 23.4 Å². The molecule has 4 rings (SSSR count). The number of hydrogen-bond donors (Lipinski definition) is 1. The van der Waals surface area contributed by atoms with Crippen LogP contribution in [-0.2, 0) is 0 Å². The zero-order chi connectivity index (χ0) is 16.5. The van der Waals surface area contributed by atoms with Crippen LogP contribution in [0.2, 0.25) is 0 Å². The van der Waals surface area contributed by atoms with Crippen molar-refractivity contribution in [1.82, 2.24) is 10.1 Å². The fraction of sp³-hybridized carbons (Fsp3) is 0.333. The predicted octanol–water partition coefficient (Wildman–Crippen LogP) is -0.390. The molecule has 1 aromatic heterocycles. The number of nitrogens with zero attached hydrogens (tertiary/aromatic N) is 4. The monoisotopic (exact) mass is 419 g/mol. The molecule has 0 radical (unpaired) electrons. The van der Waals surface area contributed by atoms with Crippen LogP contribution in [0.25, 0.3) is 0 Å². The van der Waals surface area contributed by atoms with Gasteiger partial charge in [0.1, 0.15) is 6.04 Å². The first kappa shape index (κ1) is 18.3. The van der Waals surface area contributed by atoms with E-state index in [0.29, 0.717) is 5.92 Å². The van der Waals surface area contributed by atoms with Gasteiger partial charge < -0.3 is 17.0 Å². The Labute approximate surface area is 162 Å². The van der Waals surface area contributed by atoms with E-state index >= 15 is 0 Å². The topological polar surface area (TPSA) is 48.3 Å². The Hall–Kier alpha value is -1.54. The van der Waals surface area contributed by atoms with Crippen molar-refractivity contribution in [3.05, 3.63) is 59.2 Å². The number of quaternary nitrogens is 1. The summed E-state index contributed by atoms with van der Waals surface area (Å²) in [7, 11) is 0. The second kappa shape index (κ2) is 7.78. The number of aryl methyl sites for hydroxylation is 2. The lowest BCUT2D eigenvalue weighted by Gasteiger charge is -2.26. The van der Waals surface area contributed by atoms with Crippen LogP contribution in [0.4, 0.5) is 5.13 Å². The van der Waals surface area contributed by atoms with Crippen LogP contribution >= 0.6 is 11.3 Å². The molecular weight excluding hydrogens is 398 g/mol. The van der Waals surface area contributed by atoms with Crippen LogP contribution in [-0.4, -0.2) is 22.0 Å². The number of thiazole rings is 1. The summed E-state index contributed by atoms with van der Waals surface area (Å²) in [5, 5.41) is 10.1. The molecule has 0 spiro atoms. The minimum Gasteiger partial charge on any atom is -1.00 e. The molecule has 2 N–H and O–H groups in total. The molecule has 2 unspecified atom stereocenters. The second-order valence-electron chi connectivity index (χ2n) is 6.23. The average molecular weight is 420 g/mol. The maximum atomic E-state index is 4.92. The van der Waals surface area contributed by atoms with Crippen molar-refractivity contribution in [2.75, 3.05) is 5.12 Å². The van der Waals surface area contributed by atoms with Gasteiger partial charge in [-0.1, -0.05) is 65.0 Å². The molecule has 1 aromatic rings. The van der Waals surface area contributed by atoms with E-state index in [9.17, 15) is 0 Å². The molecule has 0 aromatic carbocycles. The van der Waals surface area contributed by atoms with Gasteiger partial charge in [0.2, 0.25) is 11.0 Å². The first-order chi connectivity index (χ1) is 11.7. The molecule has 7 heteroatoms. The van der Waals surface area contributed by atoms with E-state index < -0.39 is 0 Å². The Morgan fingerprint density at radius 2 is 1.84 bits per heavy atom. The third-order valence-corrected chi connectivity index (χ3v) is 5.58. The predicted molar refractivity (Wildman–Crippen MR) is 98.3 cm³/mol. The lowest BCUT2D eigenvalue weighted by atomic mass is 10.00. The molecule has 2 heterocycles. The van der Waals surface area contributed by atoms with Crippen molar-refractivity contribution >= 4 is 22.3 Å². The van der Waals surface area contributed by atoms with Gasteiger partial charge in [-0.2, -0.15) is 5.43 Å². The summed E-state index contributed by atoms with van der Waals surface area (Å²) < 4.78 is 0. The molecule has 2 atom stereocenters. The molecule has 25 heavy (non-hydrogen) atoms. The normalized spacial score (nSPS) is 25.4. The van der Waals surface area contributed by atoms with E-state index in [4.69, 9.17) is 10.1 Å². The largest absolute Gasteiger partial charge is 1.00 e. The number of nitrogens with two attached hydrogens (primary N) is 1. The van der Waals surface area contributed by atoms with Crippen molar-refractivity contribution in [2.45, 2.75) is 32.7 Å². The van der Waals surface area contributed by atoms with Gasteiger partial charge in [-0.3, -0.25) is 0 Å². The summed E-state index contributed by atoms with van der Waals surface area (Å²) in [6.07, 6.45) is 19.3. The first-order valence-electron chi connectivity index (χ1n) is 8.35. The molecule has 0 amide bonds. The van der Waals surface area contributed by atoms with Crippen molar-refractivity contribution in [3.8, 4) is 0 Å². The smallest absolute Gasteiger partial charge is 0.247 e. The highest BCUT2D eigenvalue weighted by molar-refractivity contribution is 7.15. The van der Waals surface area contributed by atoms with Gasteiger partial charge in [-0.05, 0) is 31.8 Å². The number of hydrazine groups is 1. The summed E-state index contributed by atoms with van der Waals surface area (Å²) in [5.74, 6) is 1.44. The van der Waals surface area contributed by atoms with Crippen LogP contribution in [0.15, 0.2) is 53.7 Å². The Balaban J connectivity index is 0.00000182. The van der Waals surface area contributed by atoms with Crippen molar-refractivity contribution in [2.24, 2.45) is 11.0 Å². The van der Waals surface area contributed by atoms with E-state index in [1.165, 1.54) is 4.88 Å². The summed E-state index contributed by atoms with van der Waals surface area (Å²) in [5.41, 5.74) is 3.27. The number of aromatic nitrogens is 1. The van der Waals surface area contributed by atoms with Gasteiger partial charge >= 0.3 is 0 Å². The van der Waals surface area contributed by atoms with Gasteiger partial charge in [0.25, 0.3) is 0 Å². The molecule has 5 nitrogen and oxygen atoms in total. The minimum atomic E-state index is 0. The fourth-order valence-electron chi connectivity index (χ4n) is 3.03. The third kappa shape index (κ3) is 3.69. The molecule has 1 aliphatic heterocycles. The van der Waals surface area contributed by atoms with Crippen LogP contribution in [0.3, 0.4) is 0 Å². The minimum absolute atomic E-state index is 0. The molecule has 0 bridgehead atoms. The van der Waals surface area contributed by atoms with Crippen molar-refractivity contribution in [1.29, 1.82) is 0 Å². The summed E-state index contributed by atoms with van der Waals surface area (Å²) in [6, 6.07) is 0.281. The highest BCUT2D eigenvalue weighted by Crippen LogP contribution is 2.29. The van der Waals surface area contributed by atoms with Gasteiger partial charge in [0.15, 0.2) is 0 Å². The number of hydrazone groups is 1. The molecule has 0 saturated heterocycles. The quantitative estimate of drug-likeness (QED) is 0.678. The van der Waals surface area contributed by atoms with E-state index in [-0.39, 0.29) is 23.0 Å². The fourth-order valence-corrected chi connectivity index (χ4v) is 3.90. The first-order valence-corrected chi connectivity index (χ1v) is 9.16. The van der Waals surface area contributed by atoms with E-state index in [1.54, 1.807) is 11.3 Å². The SMILES string of the molecule is Cc1nc(N2N=C(C3C=CC=CC3)[NH2+]N2C2C=CC=CC2)sc1C.[Br-]. The van der Waals surface area contributed by atoms with Crippen molar-refractivity contribution in [3.63, 3.8) is 0 Å². The van der Waals surface area contributed by atoms with E-state index in [1.807, 2.05) is 5.12 Å². The van der Waals surface area contributed by atoms with Crippen LogP contribution < -0.4 is 27.5 Å². The highest BCUT2D eigenvalue weighted by atomic mass is 79.9. The third-order valence-electron chi connectivity index (χ3n) is 4.54. The Bertz CT molecular complexity index is 757. The van der Waals surface area contributed by atoms with Gasteiger partial charge in [0.05, 0.1) is 11.6 Å². The van der Waals surface area contributed by atoms with Crippen LogP contribution in [0, 0.1) is 19.8 Å². The summed E-state index contributed by atoms with van der Waals surface area (Å²) in [6.45, 7) is 4.17. The Morgan fingerprint density at radius 3 is 2.44 bits per heavy atom. The number of rotatable bonds is 3. The van der Waals surface area contributed by atoms with Gasteiger partial charge in [0, 0.05) is 4.88 Å². The summed E-state index contributed by atoms with van der Waals surface area (Å²) >= 11 is 1.70. The Kier molecular flexibility index (Phi) is 5.68. The Morgan fingerprint density at radius 1 is 1.08 bits per heavy atom. The van der Waals surface area contributed by atoms with Gasteiger partial charge in [-0.15, -0.1) is 5.12 Å². The lowest BCUT2D eigenvalue weighted by molar-refractivity contribution is -0.713. The zero-order valence-electron chi connectivity index (χ0n) is 14.3. The number of halogens is 1.